The molecule has 17 heavy (non-hydrogen) atoms. The number of rotatable bonds is 6. The van der Waals surface area contributed by atoms with Crippen LogP contribution in [0.15, 0.2) is 30.9 Å². The van der Waals surface area contributed by atoms with Gasteiger partial charge in [-0.1, -0.05) is 0 Å². The van der Waals surface area contributed by atoms with Crippen molar-refractivity contribution in [2.45, 2.75) is 25.9 Å². The maximum atomic E-state index is 4.33. The zero-order valence-corrected chi connectivity index (χ0v) is 10.4. The van der Waals surface area contributed by atoms with Gasteiger partial charge in [0, 0.05) is 38.4 Å². The van der Waals surface area contributed by atoms with Gasteiger partial charge < -0.3 is 9.88 Å². The van der Waals surface area contributed by atoms with Gasteiger partial charge in [-0.2, -0.15) is 5.10 Å². The molecule has 0 aliphatic heterocycles. The van der Waals surface area contributed by atoms with Crippen LogP contribution in [0.5, 0.6) is 0 Å². The van der Waals surface area contributed by atoms with Crippen molar-refractivity contribution in [3.8, 4) is 0 Å². The van der Waals surface area contributed by atoms with Crippen LogP contribution >= 0.6 is 0 Å². The molecule has 5 nitrogen and oxygen atoms in total. The van der Waals surface area contributed by atoms with E-state index < -0.39 is 0 Å². The van der Waals surface area contributed by atoms with E-state index in [1.165, 1.54) is 0 Å². The Morgan fingerprint density at radius 1 is 1.35 bits per heavy atom. The second-order valence-electron chi connectivity index (χ2n) is 4.19. The van der Waals surface area contributed by atoms with Gasteiger partial charge in [-0.05, 0) is 26.0 Å². The van der Waals surface area contributed by atoms with Crippen LogP contribution in [0.25, 0.3) is 0 Å². The second kappa shape index (κ2) is 5.63. The van der Waals surface area contributed by atoms with Crippen LogP contribution in [0.2, 0.25) is 0 Å². The Hall–Kier alpha value is -1.62. The lowest BCUT2D eigenvalue weighted by molar-refractivity contribution is 0.487. The first-order valence-corrected chi connectivity index (χ1v) is 5.95. The highest BCUT2D eigenvalue weighted by atomic mass is 15.3. The Morgan fingerprint density at radius 2 is 2.24 bits per heavy atom. The van der Waals surface area contributed by atoms with Gasteiger partial charge in [0.2, 0.25) is 0 Å². The van der Waals surface area contributed by atoms with Crippen LogP contribution in [-0.2, 0) is 13.6 Å². The normalized spacial score (nSPS) is 12.8. The Balaban J connectivity index is 1.70. The third-order valence-electron chi connectivity index (χ3n) is 2.82. The Kier molecular flexibility index (Phi) is 3.93. The third kappa shape index (κ3) is 3.17. The first kappa shape index (κ1) is 11.9. The molecule has 2 aromatic rings. The molecule has 2 heterocycles. The number of nitrogens with zero attached hydrogens (tertiary/aromatic N) is 4. The molecule has 1 N–H and O–H groups in total. The Bertz CT molecular complexity index is 431. The van der Waals surface area contributed by atoms with Crippen molar-refractivity contribution >= 4 is 0 Å². The number of nitrogens with one attached hydrogen (secondary N) is 1. The summed E-state index contributed by atoms with van der Waals surface area (Å²) in [5, 5.41) is 7.63. The van der Waals surface area contributed by atoms with Gasteiger partial charge in [0.05, 0.1) is 6.04 Å². The van der Waals surface area contributed by atoms with Crippen LogP contribution in [0, 0.1) is 0 Å². The number of aromatic nitrogens is 4. The fraction of sp³-hybridized carbons (Fsp3) is 0.500. The van der Waals surface area contributed by atoms with Crippen LogP contribution in [0.4, 0.5) is 0 Å². The van der Waals surface area contributed by atoms with Gasteiger partial charge in [0.15, 0.2) is 0 Å². The largest absolute Gasteiger partial charge is 0.337 e. The molecule has 0 bridgehead atoms. The minimum Gasteiger partial charge on any atom is -0.337 e. The third-order valence-corrected chi connectivity index (χ3v) is 2.82. The van der Waals surface area contributed by atoms with Crippen LogP contribution in [0.3, 0.4) is 0 Å². The van der Waals surface area contributed by atoms with E-state index in [1.807, 2.05) is 47.2 Å². The predicted octanol–water partition coefficient (Wildman–Crippen LogP) is 1.36. The standard InChI is InChI=1S/C12H19N5/c1-11(12-14-7-10-16(12)2)13-5-3-8-17-9-4-6-15-17/h4,6-7,9-11,13H,3,5,8H2,1-2H3. The zero-order chi connectivity index (χ0) is 12.1. The molecule has 0 aromatic carbocycles. The molecule has 0 radical (unpaired) electrons. The molecule has 92 valence electrons. The summed E-state index contributed by atoms with van der Waals surface area (Å²) in [6.45, 7) is 4.05. The van der Waals surface area contributed by atoms with E-state index in [0.717, 1.165) is 25.3 Å². The molecule has 0 spiro atoms. The molecule has 0 aliphatic carbocycles. The van der Waals surface area contributed by atoms with Crippen molar-refractivity contribution in [3.63, 3.8) is 0 Å². The molecule has 0 amide bonds. The van der Waals surface area contributed by atoms with Gasteiger partial charge in [0.1, 0.15) is 5.82 Å². The lowest BCUT2D eigenvalue weighted by Crippen LogP contribution is -2.23. The molecule has 2 aromatic heterocycles. The maximum Gasteiger partial charge on any atom is 0.125 e. The summed E-state index contributed by atoms with van der Waals surface area (Å²) in [7, 11) is 2.02. The maximum absolute atomic E-state index is 4.33. The Labute approximate surface area is 101 Å². The lowest BCUT2D eigenvalue weighted by atomic mass is 10.3. The predicted molar refractivity (Wildman–Crippen MR) is 66.5 cm³/mol. The average molecular weight is 233 g/mol. The highest BCUT2D eigenvalue weighted by Crippen LogP contribution is 2.07. The fourth-order valence-electron chi connectivity index (χ4n) is 1.88. The van der Waals surface area contributed by atoms with E-state index in [-0.39, 0.29) is 6.04 Å². The number of hydrogen-bond acceptors (Lipinski definition) is 3. The molecule has 2 rings (SSSR count). The quantitative estimate of drug-likeness (QED) is 0.766. The summed E-state index contributed by atoms with van der Waals surface area (Å²) in [5.74, 6) is 1.07. The average Bonchev–Trinajstić information content (AvgIpc) is 2.95. The molecular formula is C12H19N5. The van der Waals surface area contributed by atoms with Crippen LogP contribution in [-0.4, -0.2) is 25.9 Å². The van der Waals surface area contributed by atoms with Crippen molar-refractivity contribution in [2.24, 2.45) is 7.05 Å². The molecule has 0 saturated carbocycles. The first-order valence-electron chi connectivity index (χ1n) is 5.95. The fourth-order valence-corrected chi connectivity index (χ4v) is 1.88. The van der Waals surface area contributed by atoms with E-state index in [9.17, 15) is 0 Å². The summed E-state index contributed by atoms with van der Waals surface area (Å²) >= 11 is 0. The van der Waals surface area contributed by atoms with Gasteiger partial charge >= 0.3 is 0 Å². The van der Waals surface area contributed by atoms with Crippen LogP contribution in [0.1, 0.15) is 25.2 Å². The first-order chi connectivity index (χ1) is 8.27. The molecule has 5 heteroatoms. The van der Waals surface area contributed by atoms with E-state index in [1.54, 1.807) is 0 Å². The molecule has 1 atom stereocenters. The molecule has 0 fully saturated rings. The van der Waals surface area contributed by atoms with Crippen molar-refractivity contribution in [2.75, 3.05) is 6.54 Å². The van der Waals surface area contributed by atoms with Gasteiger partial charge in [-0.25, -0.2) is 4.98 Å². The second-order valence-corrected chi connectivity index (χ2v) is 4.19. The smallest absolute Gasteiger partial charge is 0.125 e. The van der Waals surface area contributed by atoms with Crippen molar-refractivity contribution in [1.29, 1.82) is 0 Å². The zero-order valence-electron chi connectivity index (χ0n) is 10.4. The SMILES string of the molecule is CC(NCCCn1cccn1)c1nccn1C. The van der Waals surface area contributed by atoms with Crippen molar-refractivity contribution in [1.82, 2.24) is 24.6 Å². The molecule has 1 unspecified atom stereocenters. The summed E-state index contributed by atoms with van der Waals surface area (Å²) < 4.78 is 4.00. The highest BCUT2D eigenvalue weighted by Gasteiger charge is 2.08. The number of aryl methyl sites for hydroxylation is 2. The molecule has 0 saturated heterocycles. The van der Waals surface area contributed by atoms with Gasteiger partial charge in [0.25, 0.3) is 0 Å². The Morgan fingerprint density at radius 3 is 2.88 bits per heavy atom. The summed E-state index contributed by atoms with van der Waals surface area (Å²) in [6, 6.07) is 2.23. The van der Waals surface area contributed by atoms with E-state index in [2.05, 4.69) is 22.3 Å². The van der Waals surface area contributed by atoms with Crippen molar-refractivity contribution < 1.29 is 0 Å². The van der Waals surface area contributed by atoms with Crippen LogP contribution < -0.4 is 5.32 Å². The number of hydrogen-bond donors (Lipinski definition) is 1. The highest BCUT2D eigenvalue weighted by molar-refractivity contribution is 4.96. The van der Waals surface area contributed by atoms with Gasteiger partial charge in [-0.3, -0.25) is 4.68 Å². The minimum absolute atomic E-state index is 0.285. The van der Waals surface area contributed by atoms with E-state index in [4.69, 9.17) is 0 Å². The molecular weight excluding hydrogens is 214 g/mol. The van der Waals surface area contributed by atoms with E-state index >= 15 is 0 Å². The van der Waals surface area contributed by atoms with Crippen molar-refractivity contribution in [3.05, 3.63) is 36.7 Å². The summed E-state index contributed by atoms with van der Waals surface area (Å²) in [6.07, 6.45) is 8.66. The number of imidazole rings is 1. The monoisotopic (exact) mass is 233 g/mol. The summed E-state index contributed by atoms with van der Waals surface area (Å²) in [5.41, 5.74) is 0. The molecule has 0 aliphatic rings. The van der Waals surface area contributed by atoms with Gasteiger partial charge in [-0.15, -0.1) is 0 Å². The topological polar surface area (TPSA) is 47.7 Å². The lowest BCUT2D eigenvalue weighted by Gasteiger charge is -2.13. The van der Waals surface area contributed by atoms with E-state index in [0.29, 0.717) is 0 Å². The minimum atomic E-state index is 0.285. The summed E-state index contributed by atoms with van der Waals surface area (Å²) in [4.78, 5) is 4.33.